The molecule has 1 amide bonds. The first-order valence-electron chi connectivity index (χ1n) is 7.02. The van der Waals surface area contributed by atoms with E-state index in [4.69, 9.17) is 11.6 Å². The summed E-state index contributed by atoms with van der Waals surface area (Å²) in [5.41, 5.74) is 1.67. The lowest BCUT2D eigenvalue weighted by molar-refractivity contribution is 0.102. The predicted molar refractivity (Wildman–Crippen MR) is 87.2 cm³/mol. The molecule has 0 atom stereocenters. The standard InChI is InChI=1S/C16H17ClFN3O/c1-3-21(4-2)12-6-8-15(19-10-12)16(22)20-11-5-7-14(18)13(17)9-11/h5-10H,3-4H2,1-2H3,(H,20,22). The second-order valence-electron chi connectivity index (χ2n) is 4.66. The number of nitrogens with zero attached hydrogens (tertiary/aromatic N) is 2. The van der Waals surface area contributed by atoms with Crippen LogP contribution in [0.15, 0.2) is 36.5 Å². The Kier molecular flexibility index (Phi) is 5.33. The molecule has 0 fully saturated rings. The second-order valence-corrected chi connectivity index (χ2v) is 5.06. The van der Waals surface area contributed by atoms with Gasteiger partial charge in [-0.15, -0.1) is 0 Å². The van der Waals surface area contributed by atoms with Gasteiger partial charge in [0.25, 0.3) is 5.91 Å². The summed E-state index contributed by atoms with van der Waals surface area (Å²) in [4.78, 5) is 18.4. The fourth-order valence-electron chi connectivity index (χ4n) is 2.07. The molecule has 0 saturated carbocycles. The van der Waals surface area contributed by atoms with Crippen LogP contribution in [-0.4, -0.2) is 24.0 Å². The molecule has 116 valence electrons. The van der Waals surface area contributed by atoms with Crippen molar-refractivity contribution in [2.24, 2.45) is 0 Å². The zero-order chi connectivity index (χ0) is 16.1. The largest absolute Gasteiger partial charge is 0.371 e. The van der Waals surface area contributed by atoms with Gasteiger partial charge in [0.05, 0.1) is 16.9 Å². The maximum absolute atomic E-state index is 13.1. The minimum Gasteiger partial charge on any atom is -0.371 e. The van der Waals surface area contributed by atoms with Gasteiger partial charge >= 0.3 is 0 Å². The molecule has 0 radical (unpaired) electrons. The number of nitrogens with one attached hydrogen (secondary N) is 1. The van der Waals surface area contributed by atoms with Gasteiger partial charge in [0.2, 0.25) is 0 Å². The molecule has 6 heteroatoms. The van der Waals surface area contributed by atoms with Crippen LogP contribution in [0, 0.1) is 5.82 Å². The number of carbonyl (C=O) groups is 1. The zero-order valence-corrected chi connectivity index (χ0v) is 13.2. The molecular weight excluding hydrogens is 305 g/mol. The maximum Gasteiger partial charge on any atom is 0.274 e. The number of amides is 1. The average Bonchev–Trinajstić information content (AvgIpc) is 2.53. The monoisotopic (exact) mass is 321 g/mol. The van der Waals surface area contributed by atoms with Crippen molar-refractivity contribution in [3.63, 3.8) is 0 Å². The molecule has 4 nitrogen and oxygen atoms in total. The van der Waals surface area contributed by atoms with Gasteiger partial charge < -0.3 is 10.2 Å². The highest BCUT2D eigenvalue weighted by Gasteiger charge is 2.10. The number of anilines is 2. The number of carbonyl (C=O) groups excluding carboxylic acids is 1. The molecule has 1 heterocycles. The Labute approximate surface area is 133 Å². The Bertz CT molecular complexity index is 657. The van der Waals surface area contributed by atoms with Crippen molar-refractivity contribution >= 4 is 28.9 Å². The van der Waals surface area contributed by atoms with Crippen LogP contribution >= 0.6 is 11.6 Å². The second kappa shape index (κ2) is 7.22. The first kappa shape index (κ1) is 16.2. The van der Waals surface area contributed by atoms with E-state index in [0.717, 1.165) is 18.8 Å². The third kappa shape index (κ3) is 3.74. The van der Waals surface area contributed by atoms with Crippen LogP contribution < -0.4 is 10.2 Å². The molecule has 0 unspecified atom stereocenters. The first-order valence-corrected chi connectivity index (χ1v) is 7.40. The summed E-state index contributed by atoms with van der Waals surface area (Å²) < 4.78 is 13.1. The number of halogens is 2. The van der Waals surface area contributed by atoms with Crippen molar-refractivity contribution in [3.05, 3.63) is 53.1 Å². The first-order chi connectivity index (χ1) is 10.5. The van der Waals surface area contributed by atoms with Crippen molar-refractivity contribution in [2.45, 2.75) is 13.8 Å². The Morgan fingerprint density at radius 3 is 2.55 bits per heavy atom. The van der Waals surface area contributed by atoms with E-state index in [1.807, 2.05) is 6.07 Å². The molecule has 0 aliphatic carbocycles. The van der Waals surface area contributed by atoms with Crippen LogP contribution in [0.3, 0.4) is 0 Å². The van der Waals surface area contributed by atoms with Gasteiger partial charge in [0.1, 0.15) is 11.5 Å². The van der Waals surface area contributed by atoms with Crippen molar-refractivity contribution in [3.8, 4) is 0 Å². The lowest BCUT2D eigenvalue weighted by Gasteiger charge is -2.20. The summed E-state index contributed by atoms with van der Waals surface area (Å²) in [5.74, 6) is -0.893. The summed E-state index contributed by atoms with van der Waals surface area (Å²) in [6.45, 7) is 5.86. The van der Waals surface area contributed by atoms with E-state index < -0.39 is 5.82 Å². The summed E-state index contributed by atoms with van der Waals surface area (Å²) in [7, 11) is 0. The molecule has 2 aromatic rings. The van der Waals surface area contributed by atoms with Crippen LogP contribution in [0.4, 0.5) is 15.8 Å². The highest BCUT2D eigenvalue weighted by atomic mass is 35.5. The number of aromatic nitrogens is 1. The van der Waals surface area contributed by atoms with Crippen molar-refractivity contribution in [1.82, 2.24) is 4.98 Å². The van der Waals surface area contributed by atoms with Gasteiger partial charge in [-0.2, -0.15) is 0 Å². The minimum absolute atomic E-state index is 0.0392. The maximum atomic E-state index is 13.1. The fraction of sp³-hybridized carbons (Fsp3) is 0.250. The Hall–Kier alpha value is -2.14. The van der Waals surface area contributed by atoms with Crippen LogP contribution in [-0.2, 0) is 0 Å². The Balaban J connectivity index is 2.11. The van der Waals surface area contributed by atoms with E-state index in [1.54, 1.807) is 12.3 Å². The van der Waals surface area contributed by atoms with Crippen molar-refractivity contribution in [1.29, 1.82) is 0 Å². The normalized spacial score (nSPS) is 10.4. The van der Waals surface area contributed by atoms with Gasteiger partial charge in [-0.3, -0.25) is 4.79 Å². The Morgan fingerprint density at radius 1 is 1.27 bits per heavy atom. The summed E-state index contributed by atoms with van der Waals surface area (Å²) in [6.07, 6.45) is 1.67. The van der Waals surface area contributed by atoms with Crippen LogP contribution in [0.25, 0.3) is 0 Å². The average molecular weight is 322 g/mol. The van der Waals surface area contributed by atoms with Gasteiger partial charge in [-0.05, 0) is 44.2 Å². The molecule has 0 aliphatic rings. The molecule has 0 spiro atoms. The van der Waals surface area contributed by atoms with Crippen LogP contribution in [0.1, 0.15) is 24.3 Å². The number of rotatable bonds is 5. The third-order valence-electron chi connectivity index (χ3n) is 3.29. The number of benzene rings is 1. The third-order valence-corrected chi connectivity index (χ3v) is 3.58. The van der Waals surface area contributed by atoms with E-state index in [0.29, 0.717) is 5.69 Å². The van der Waals surface area contributed by atoms with Crippen molar-refractivity contribution < 1.29 is 9.18 Å². The quantitative estimate of drug-likeness (QED) is 0.906. The molecule has 1 aromatic carbocycles. The summed E-state index contributed by atoms with van der Waals surface area (Å²) >= 11 is 5.68. The fourth-order valence-corrected chi connectivity index (χ4v) is 2.25. The lowest BCUT2D eigenvalue weighted by Crippen LogP contribution is -2.22. The van der Waals surface area contributed by atoms with Crippen molar-refractivity contribution in [2.75, 3.05) is 23.3 Å². The van der Waals surface area contributed by atoms with Gasteiger partial charge in [0, 0.05) is 18.8 Å². The molecule has 0 aliphatic heterocycles. The SMILES string of the molecule is CCN(CC)c1ccc(C(=O)Nc2ccc(F)c(Cl)c2)nc1. The lowest BCUT2D eigenvalue weighted by atomic mass is 10.2. The van der Waals surface area contributed by atoms with Gasteiger partial charge in [-0.25, -0.2) is 9.37 Å². The molecule has 1 aromatic heterocycles. The number of hydrogen-bond donors (Lipinski definition) is 1. The number of hydrogen-bond acceptors (Lipinski definition) is 3. The molecule has 22 heavy (non-hydrogen) atoms. The molecular formula is C16H17ClFN3O. The van der Waals surface area contributed by atoms with E-state index in [1.165, 1.54) is 18.2 Å². The highest BCUT2D eigenvalue weighted by Crippen LogP contribution is 2.20. The highest BCUT2D eigenvalue weighted by molar-refractivity contribution is 6.31. The molecule has 0 bridgehead atoms. The molecule has 1 N–H and O–H groups in total. The van der Waals surface area contributed by atoms with E-state index in [2.05, 4.69) is 29.0 Å². The topological polar surface area (TPSA) is 45.2 Å². The smallest absolute Gasteiger partial charge is 0.274 e. The Morgan fingerprint density at radius 2 is 2.00 bits per heavy atom. The summed E-state index contributed by atoms with van der Waals surface area (Å²) in [6, 6.07) is 7.53. The number of pyridine rings is 1. The zero-order valence-electron chi connectivity index (χ0n) is 12.4. The van der Waals surface area contributed by atoms with Crippen LogP contribution in [0.2, 0.25) is 5.02 Å². The molecule has 2 rings (SSSR count). The summed E-state index contributed by atoms with van der Waals surface area (Å²) in [5, 5.41) is 2.60. The van der Waals surface area contributed by atoms with Gasteiger partial charge in [-0.1, -0.05) is 11.6 Å². The predicted octanol–water partition coefficient (Wildman–Crippen LogP) is 3.97. The van der Waals surface area contributed by atoms with Gasteiger partial charge in [0.15, 0.2) is 0 Å². The van der Waals surface area contributed by atoms with E-state index in [-0.39, 0.29) is 16.6 Å². The van der Waals surface area contributed by atoms with Crippen LogP contribution in [0.5, 0.6) is 0 Å². The van der Waals surface area contributed by atoms with E-state index >= 15 is 0 Å². The minimum atomic E-state index is -0.527. The van der Waals surface area contributed by atoms with E-state index in [9.17, 15) is 9.18 Å². The molecule has 0 saturated heterocycles.